The molecule has 1 aliphatic heterocycles. The molecule has 2 aromatic rings. The van der Waals surface area contributed by atoms with E-state index in [2.05, 4.69) is 0 Å². The second-order valence-corrected chi connectivity index (χ2v) is 8.31. The standard InChI is InChI=1S/C20H18ClF5N2OS/c1-12-8-16(23)17(10-18(12)30-11-20(24,25)26)27-4-6-28(7-5-27)19(29)13-2-3-15(22)14(21)9-13/h2-3,8-10H,4-7,11H2,1H3. The first-order chi connectivity index (χ1) is 14.0. The highest BCUT2D eigenvalue weighted by Gasteiger charge is 2.29. The topological polar surface area (TPSA) is 23.6 Å². The van der Waals surface area contributed by atoms with Crippen LogP contribution < -0.4 is 4.90 Å². The van der Waals surface area contributed by atoms with Gasteiger partial charge < -0.3 is 9.80 Å². The van der Waals surface area contributed by atoms with Crippen LogP contribution in [0.3, 0.4) is 0 Å². The lowest BCUT2D eigenvalue weighted by Gasteiger charge is -2.36. The molecule has 0 unspecified atom stereocenters. The van der Waals surface area contributed by atoms with E-state index in [1.165, 1.54) is 24.3 Å². The zero-order chi connectivity index (χ0) is 22.1. The summed E-state index contributed by atoms with van der Waals surface area (Å²) in [6.45, 7) is 2.75. The van der Waals surface area contributed by atoms with Gasteiger partial charge in [-0.15, -0.1) is 11.8 Å². The molecule has 1 aliphatic rings. The third-order valence-electron chi connectivity index (χ3n) is 4.71. The van der Waals surface area contributed by atoms with Gasteiger partial charge in [0.1, 0.15) is 11.6 Å². The van der Waals surface area contributed by atoms with E-state index in [-0.39, 0.29) is 35.3 Å². The molecule has 1 saturated heterocycles. The summed E-state index contributed by atoms with van der Waals surface area (Å²) in [7, 11) is 0. The van der Waals surface area contributed by atoms with Gasteiger partial charge in [0.2, 0.25) is 0 Å². The minimum Gasteiger partial charge on any atom is -0.366 e. The fourth-order valence-corrected chi connectivity index (χ4v) is 4.14. The maximum atomic E-state index is 14.5. The zero-order valence-corrected chi connectivity index (χ0v) is 17.5. The molecule has 162 valence electrons. The Morgan fingerprint density at radius 2 is 1.73 bits per heavy atom. The first-order valence-electron chi connectivity index (χ1n) is 9.04. The molecular formula is C20H18ClF5N2OS. The van der Waals surface area contributed by atoms with Gasteiger partial charge in [0.15, 0.2) is 0 Å². The van der Waals surface area contributed by atoms with Gasteiger partial charge in [0.25, 0.3) is 5.91 Å². The quantitative estimate of drug-likeness (QED) is 0.438. The first-order valence-corrected chi connectivity index (χ1v) is 10.4. The van der Waals surface area contributed by atoms with Gasteiger partial charge in [-0.3, -0.25) is 4.79 Å². The van der Waals surface area contributed by atoms with E-state index in [0.717, 1.165) is 6.07 Å². The summed E-state index contributed by atoms with van der Waals surface area (Å²) in [6.07, 6.45) is -4.32. The van der Waals surface area contributed by atoms with E-state index in [9.17, 15) is 26.7 Å². The number of nitrogens with zero attached hydrogens (tertiary/aromatic N) is 2. The number of aryl methyl sites for hydroxylation is 1. The molecule has 3 rings (SSSR count). The number of hydrogen-bond donors (Lipinski definition) is 0. The van der Waals surface area contributed by atoms with Gasteiger partial charge in [0.05, 0.1) is 16.5 Å². The Balaban J connectivity index is 1.69. The number of halogens is 6. The number of carbonyl (C=O) groups excluding carboxylic acids is 1. The number of thioether (sulfide) groups is 1. The molecule has 2 aromatic carbocycles. The summed E-state index contributed by atoms with van der Waals surface area (Å²) in [5.74, 6) is -2.51. The monoisotopic (exact) mass is 464 g/mol. The fraction of sp³-hybridized carbons (Fsp3) is 0.350. The third-order valence-corrected chi connectivity index (χ3v) is 6.22. The van der Waals surface area contributed by atoms with Crippen LogP contribution in [-0.4, -0.2) is 48.9 Å². The highest BCUT2D eigenvalue weighted by Crippen LogP contribution is 2.34. The van der Waals surface area contributed by atoms with Crippen molar-refractivity contribution in [1.82, 2.24) is 4.90 Å². The first kappa shape index (κ1) is 22.7. The van der Waals surface area contributed by atoms with Crippen molar-refractivity contribution in [2.75, 3.05) is 36.8 Å². The van der Waals surface area contributed by atoms with Crippen LogP contribution in [0.15, 0.2) is 35.2 Å². The number of amides is 1. The van der Waals surface area contributed by atoms with Crippen molar-refractivity contribution in [3.63, 3.8) is 0 Å². The molecule has 0 radical (unpaired) electrons. The highest BCUT2D eigenvalue weighted by molar-refractivity contribution is 7.99. The van der Waals surface area contributed by atoms with E-state index in [4.69, 9.17) is 11.6 Å². The number of carbonyl (C=O) groups is 1. The molecule has 0 aliphatic carbocycles. The molecule has 10 heteroatoms. The van der Waals surface area contributed by atoms with Crippen molar-refractivity contribution in [2.24, 2.45) is 0 Å². The number of benzene rings is 2. The zero-order valence-electron chi connectivity index (χ0n) is 15.9. The summed E-state index contributed by atoms with van der Waals surface area (Å²) >= 11 is 6.35. The second kappa shape index (κ2) is 9.01. The van der Waals surface area contributed by atoms with Gasteiger partial charge in [-0.05, 0) is 42.8 Å². The summed E-state index contributed by atoms with van der Waals surface area (Å²) in [5.41, 5.74) is 0.900. The molecule has 0 aromatic heterocycles. The van der Waals surface area contributed by atoms with Crippen molar-refractivity contribution in [2.45, 2.75) is 18.0 Å². The molecule has 3 nitrogen and oxygen atoms in total. The fourth-order valence-electron chi connectivity index (χ4n) is 3.16. The summed E-state index contributed by atoms with van der Waals surface area (Å²) < 4.78 is 65.4. The minimum atomic E-state index is -4.32. The van der Waals surface area contributed by atoms with Crippen LogP contribution in [0, 0.1) is 18.6 Å². The third kappa shape index (κ3) is 5.37. The minimum absolute atomic E-state index is 0.148. The van der Waals surface area contributed by atoms with E-state index < -0.39 is 23.6 Å². The van der Waals surface area contributed by atoms with E-state index >= 15 is 0 Å². The van der Waals surface area contributed by atoms with Gasteiger partial charge in [-0.2, -0.15) is 13.2 Å². The van der Waals surface area contributed by atoms with Gasteiger partial charge >= 0.3 is 6.18 Å². The van der Waals surface area contributed by atoms with Gasteiger partial charge in [0, 0.05) is 36.6 Å². The summed E-state index contributed by atoms with van der Waals surface area (Å²) in [4.78, 5) is 16.2. The lowest BCUT2D eigenvalue weighted by molar-refractivity contribution is -0.105. The SMILES string of the molecule is Cc1cc(F)c(N2CCN(C(=O)c3ccc(F)c(Cl)c3)CC2)cc1SCC(F)(F)F. The van der Waals surface area contributed by atoms with E-state index in [1.54, 1.807) is 16.7 Å². The summed E-state index contributed by atoms with van der Waals surface area (Å²) in [5, 5.41) is -0.148. The van der Waals surface area contributed by atoms with Crippen molar-refractivity contribution >= 4 is 35.0 Å². The Kier molecular flexibility index (Phi) is 6.81. The smallest absolute Gasteiger partial charge is 0.366 e. The normalized spacial score (nSPS) is 14.9. The maximum absolute atomic E-state index is 14.5. The Hall–Kier alpha value is -2.00. The van der Waals surface area contributed by atoms with Crippen LogP contribution >= 0.6 is 23.4 Å². The Labute approximate surface area is 179 Å². The van der Waals surface area contributed by atoms with Gasteiger partial charge in [-0.25, -0.2) is 8.78 Å². The second-order valence-electron chi connectivity index (χ2n) is 6.88. The molecule has 1 amide bonds. The number of rotatable bonds is 4. The molecule has 0 atom stereocenters. The highest BCUT2D eigenvalue weighted by atomic mass is 35.5. The molecule has 0 saturated carbocycles. The molecule has 30 heavy (non-hydrogen) atoms. The molecule has 0 bridgehead atoms. The molecule has 1 fully saturated rings. The average Bonchev–Trinajstić information content (AvgIpc) is 2.68. The van der Waals surface area contributed by atoms with E-state index in [0.29, 0.717) is 35.3 Å². The molecule has 0 spiro atoms. The van der Waals surface area contributed by atoms with Crippen LogP contribution in [0.2, 0.25) is 5.02 Å². The van der Waals surface area contributed by atoms with E-state index in [1.807, 2.05) is 0 Å². The number of alkyl halides is 3. The molecular weight excluding hydrogens is 447 g/mol. The lowest BCUT2D eigenvalue weighted by Crippen LogP contribution is -2.49. The van der Waals surface area contributed by atoms with Crippen molar-refractivity contribution in [1.29, 1.82) is 0 Å². The predicted molar refractivity (Wildman–Crippen MR) is 107 cm³/mol. The predicted octanol–water partition coefficient (Wildman–Crippen LogP) is 5.54. The lowest BCUT2D eigenvalue weighted by atomic mass is 10.1. The number of anilines is 1. The van der Waals surface area contributed by atoms with Crippen molar-refractivity contribution < 1.29 is 26.7 Å². The Bertz CT molecular complexity index is 946. The largest absolute Gasteiger partial charge is 0.398 e. The van der Waals surface area contributed by atoms with Crippen LogP contribution in [-0.2, 0) is 0 Å². The Morgan fingerprint density at radius 3 is 2.33 bits per heavy atom. The van der Waals surface area contributed by atoms with Crippen molar-refractivity contribution in [3.8, 4) is 0 Å². The molecule has 0 N–H and O–H groups in total. The summed E-state index contributed by atoms with van der Waals surface area (Å²) in [6, 6.07) is 6.38. The molecule has 1 heterocycles. The number of hydrogen-bond acceptors (Lipinski definition) is 3. The average molecular weight is 465 g/mol. The van der Waals surface area contributed by atoms with Crippen LogP contribution in [0.4, 0.5) is 27.6 Å². The number of piperazine rings is 1. The maximum Gasteiger partial charge on any atom is 0.398 e. The van der Waals surface area contributed by atoms with Crippen LogP contribution in [0.25, 0.3) is 0 Å². The van der Waals surface area contributed by atoms with Crippen LogP contribution in [0.1, 0.15) is 15.9 Å². The van der Waals surface area contributed by atoms with Gasteiger partial charge in [-0.1, -0.05) is 11.6 Å². The Morgan fingerprint density at radius 1 is 1.07 bits per heavy atom. The van der Waals surface area contributed by atoms with Crippen molar-refractivity contribution in [3.05, 3.63) is 58.1 Å². The van der Waals surface area contributed by atoms with Crippen LogP contribution in [0.5, 0.6) is 0 Å².